The van der Waals surface area contributed by atoms with Crippen LogP contribution in [0, 0.1) is 0 Å². The Bertz CT molecular complexity index is 1850. The summed E-state index contributed by atoms with van der Waals surface area (Å²) in [4.78, 5) is 13.1. The number of benzene rings is 6. The largest absolute Gasteiger partial charge is 0.472 e. The van der Waals surface area contributed by atoms with E-state index in [1.54, 1.807) is 0 Å². The van der Waals surface area contributed by atoms with Gasteiger partial charge in [0, 0.05) is 33.2 Å². The van der Waals surface area contributed by atoms with Crippen LogP contribution in [-0.4, -0.2) is 5.78 Å². The van der Waals surface area contributed by atoms with Crippen LogP contribution in [0.5, 0.6) is 5.75 Å². The Morgan fingerprint density at radius 3 is 1.88 bits per heavy atom. The van der Waals surface area contributed by atoms with Crippen molar-refractivity contribution in [3.8, 4) is 16.9 Å². The summed E-state index contributed by atoms with van der Waals surface area (Å²) in [6.07, 6.45) is 4.35. The highest BCUT2D eigenvalue weighted by Crippen LogP contribution is 2.48. The quantitative estimate of drug-likeness (QED) is 0.215. The SMILES string of the molecule is O=C(c1ccccc1)c1ccc(C2(c3ccccc3)C=Cc3c(-c4ccccc4)cc4ccccc4c3O2)cc1. The van der Waals surface area contributed by atoms with Gasteiger partial charge in [0.2, 0.25) is 0 Å². The van der Waals surface area contributed by atoms with Crippen LogP contribution in [0.3, 0.4) is 0 Å². The lowest BCUT2D eigenvalue weighted by Crippen LogP contribution is -2.34. The third kappa shape index (κ3) is 4.02. The predicted molar refractivity (Wildman–Crippen MR) is 163 cm³/mol. The molecule has 1 heterocycles. The summed E-state index contributed by atoms with van der Waals surface area (Å²) >= 11 is 0. The molecule has 0 spiro atoms. The summed E-state index contributed by atoms with van der Waals surface area (Å²) in [5, 5.41) is 2.19. The molecule has 7 rings (SSSR count). The number of hydrogen-bond donors (Lipinski definition) is 0. The van der Waals surface area contributed by atoms with Crippen molar-refractivity contribution in [3.05, 3.63) is 179 Å². The molecule has 190 valence electrons. The fourth-order valence-electron chi connectivity index (χ4n) is 5.65. The van der Waals surface area contributed by atoms with E-state index >= 15 is 0 Å². The highest BCUT2D eigenvalue weighted by Gasteiger charge is 2.38. The van der Waals surface area contributed by atoms with E-state index in [0.29, 0.717) is 11.1 Å². The zero-order valence-corrected chi connectivity index (χ0v) is 21.8. The maximum atomic E-state index is 13.1. The van der Waals surface area contributed by atoms with E-state index in [-0.39, 0.29) is 5.78 Å². The van der Waals surface area contributed by atoms with Gasteiger partial charge in [0.25, 0.3) is 0 Å². The molecule has 0 saturated carbocycles. The van der Waals surface area contributed by atoms with Gasteiger partial charge < -0.3 is 4.74 Å². The summed E-state index contributed by atoms with van der Waals surface area (Å²) in [5.41, 5.74) is 5.79. The highest BCUT2D eigenvalue weighted by molar-refractivity contribution is 6.09. The van der Waals surface area contributed by atoms with Crippen molar-refractivity contribution < 1.29 is 9.53 Å². The summed E-state index contributed by atoms with van der Waals surface area (Å²) in [5.74, 6) is 0.859. The second-order valence-corrected chi connectivity index (χ2v) is 10.1. The van der Waals surface area contributed by atoms with Crippen LogP contribution in [0.15, 0.2) is 152 Å². The van der Waals surface area contributed by atoms with E-state index in [1.165, 1.54) is 0 Å². The van der Waals surface area contributed by atoms with Crippen LogP contribution in [-0.2, 0) is 5.60 Å². The van der Waals surface area contributed by atoms with Gasteiger partial charge in [-0.15, -0.1) is 0 Å². The van der Waals surface area contributed by atoms with Crippen molar-refractivity contribution >= 4 is 22.6 Å². The van der Waals surface area contributed by atoms with Gasteiger partial charge in [-0.2, -0.15) is 0 Å². The molecule has 1 unspecified atom stereocenters. The fourth-order valence-corrected chi connectivity index (χ4v) is 5.65. The number of carbonyl (C=O) groups is 1. The van der Waals surface area contributed by atoms with Gasteiger partial charge in [0.15, 0.2) is 11.4 Å². The Kier molecular flexibility index (Phi) is 5.87. The molecule has 6 aromatic rings. The monoisotopic (exact) mass is 514 g/mol. The normalized spacial score (nSPS) is 15.8. The zero-order valence-electron chi connectivity index (χ0n) is 21.8. The molecule has 40 heavy (non-hydrogen) atoms. The van der Waals surface area contributed by atoms with Crippen molar-refractivity contribution in [3.63, 3.8) is 0 Å². The van der Waals surface area contributed by atoms with E-state index in [0.717, 1.165) is 44.3 Å². The first-order valence-corrected chi connectivity index (χ1v) is 13.5. The van der Waals surface area contributed by atoms with Crippen molar-refractivity contribution in [2.45, 2.75) is 5.60 Å². The van der Waals surface area contributed by atoms with Crippen LogP contribution < -0.4 is 4.74 Å². The third-order valence-electron chi connectivity index (χ3n) is 7.69. The molecule has 0 amide bonds. The van der Waals surface area contributed by atoms with Gasteiger partial charge in [0.1, 0.15) is 5.75 Å². The van der Waals surface area contributed by atoms with Crippen molar-refractivity contribution in [2.24, 2.45) is 0 Å². The number of hydrogen-bond acceptors (Lipinski definition) is 2. The molecule has 1 aliphatic heterocycles. The van der Waals surface area contributed by atoms with Gasteiger partial charge in [0.05, 0.1) is 0 Å². The molecule has 0 aromatic heterocycles. The molecule has 0 saturated heterocycles. The van der Waals surface area contributed by atoms with Gasteiger partial charge in [-0.25, -0.2) is 0 Å². The Labute approximate surface area is 233 Å². The molecule has 0 aliphatic carbocycles. The molecule has 0 N–H and O–H groups in total. The Hall–Kier alpha value is -5.21. The molecule has 0 radical (unpaired) electrons. The van der Waals surface area contributed by atoms with Crippen molar-refractivity contribution in [1.29, 1.82) is 0 Å². The summed E-state index contributed by atoms with van der Waals surface area (Å²) in [6.45, 7) is 0. The Morgan fingerprint density at radius 2 is 1.15 bits per heavy atom. The molecule has 1 atom stereocenters. The molecular formula is C38H26O2. The van der Waals surface area contributed by atoms with Crippen LogP contribution in [0.25, 0.3) is 28.0 Å². The van der Waals surface area contributed by atoms with E-state index in [1.807, 2.05) is 78.9 Å². The first kappa shape index (κ1) is 23.9. The second-order valence-electron chi connectivity index (χ2n) is 10.1. The number of rotatable bonds is 5. The predicted octanol–water partition coefficient (Wildman–Crippen LogP) is 9.09. The van der Waals surface area contributed by atoms with Gasteiger partial charge in [-0.05, 0) is 34.7 Å². The summed E-state index contributed by atoms with van der Waals surface area (Å²) in [6, 6.07) is 48.6. The summed E-state index contributed by atoms with van der Waals surface area (Å²) < 4.78 is 7.18. The number of fused-ring (bicyclic) bond motifs is 3. The first-order chi connectivity index (χ1) is 19.7. The molecular weight excluding hydrogens is 488 g/mol. The minimum atomic E-state index is -0.860. The topological polar surface area (TPSA) is 26.3 Å². The second kappa shape index (κ2) is 9.83. The van der Waals surface area contributed by atoms with Gasteiger partial charge >= 0.3 is 0 Å². The Balaban J connectivity index is 1.40. The maximum absolute atomic E-state index is 13.1. The minimum absolute atomic E-state index is 0.00450. The van der Waals surface area contributed by atoms with Crippen LogP contribution in [0.4, 0.5) is 0 Å². The standard InChI is InChI=1S/C38H26O2/c39-36(28-14-6-2-7-15-28)29-20-22-32(23-21-29)38(31-17-8-3-9-18-31)25-24-34-35(27-12-4-1-5-13-27)26-30-16-10-11-19-33(30)37(34)40-38/h1-26H. The average molecular weight is 515 g/mol. The third-order valence-corrected chi connectivity index (χ3v) is 7.69. The highest BCUT2D eigenvalue weighted by atomic mass is 16.5. The minimum Gasteiger partial charge on any atom is -0.472 e. The van der Waals surface area contributed by atoms with E-state index in [2.05, 4.69) is 78.9 Å². The fraction of sp³-hybridized carbons (Fsp3) is 0.0263. The maximum Gasteiger partial charge on any atom is 0.193 e. The molecule has 0 fully saturated rings. The van der Waals surface area contributed by atoms with Crippen molar-refractivity contribution in [2.75, 3.05) is 0 Å². The Morgan fingerprint density at radius 1 is 0.575 bits per heavy atom. The van der Waals surface area contributed by atoms with Crippen molar-refractivity contribution in [1.82, 2.24) is 0 Å². The van der Waals surface area contributed by atoms with Gasteiger partial charge in [-0.3, -0.25) is 4.79 Å². The molecule has 1 aliphatic rings. The van der Waals surface area contributed by atoms with Crippen LogP contribution in [0.1, 0.15) is 32.6 Å². The lowest BCUT2D eigenvalue weighted by molar-refractivity contribution is 0.103. The van der Waals surface area contributed by atoms with Gasteiger partial charge in [-0.1, -0.05) is 140 Å². The lowest BCUT2D eigenvalue weighted by atomic mass is 9.81. The number of carbonyl (C=O) groups excluding carboxylic acids is 1. The molecule has 6 aromatic carbocycles. The van der Waals surface area contributed by atoms with E-state index in [4.69, 9.17) is 4.74 Å². The first-order valence-electron chi connectivity index (χ1n) is 13.5. The average Bonchev–Trinajstić information content (AvgIpc) is 3.05. The number of ether oxygens (including phenoxy) is 1. The number of ketones is 1. The summed E-state index contributed by atoms with van der Waals surface area (Å²) in [7, 11) is 0. The van der Waals surface area contributed by atoms with Crippen LogP contribution >= 0.6 is 0 Å². The lowest BCUT2D eigenvalue weighted by Gasteiger charge is -2.37. The smallest absolute Gasteiger partial charge is 0.193 e. The van der Waals surface area contributed by atoms with Crippen LogP contribution in [0.2, 0.25) is 0 Å². The molecule has 2 nitrogen and oxygen atoms in total. The zero-order chi connectivity index (χ0) is 26.9. The van der Waals surface area contributed by atoms with E-state index < -0.39 is 5.60 Å². The molecule has 0 bridgehead atoms. The van der Waals surface area contributed by atoms with E-state index in [9.17, 15) is 4.79 Å². The molecule has 2 heteroatoms.